The standard InChI is InChI=1S/CCl2O.FH/c2-1(3)4;/h;1H/p-1. The first-order chi connectivity index (χ1) is 1.73. The minimum Gasteiger partial charge on any atom is -1.00 e. The van der Waals surface area contributed by atoms with Crippen LogP contribution in [0.2, 0.25) is 0 Å². The summed E-state index contributed by atoms with van der Waals surface area (Å²) in [7, 11) is 0. The molecule has 0 aliphatic rings. The van der Waals surface area contributed by atoms with Crippen molar-refractivity contribution in [2.75, 3.05) is 0 Å². The summed E-state index contributed by atoms with van der Waals surface area (Å²) < 4.78 is -0.889. The molecular weight excluding hydrogens is 118 g/mol. The second-order valence-corrected chi connectivity index (χ2v) is 1.11. The maximum Gasteiger partial charge on any atom is 0.313 e. The van der Waals surface area contributed by atoms with Crippen LogP contribution in [0.1, 0.15) is 0 Å². The molecule has 32 valence electrons. The third kappa shape index (κ3) is 613. The monoisotopic (exact) mass is 117 g/mol. The van der Waals surface area contributed by atoms with E-state index >= 15 is 0 Å². The molecule has 0 atom stereocenters. The van der Waals surface area contributed by atoms with Crippen molar-refractivity contribution in [3.8, 4) is 0 Å². The van der Waals surface area contributed by atoms with Crippen molar-refractivity contribution in [2.24, 2.45) is 0 Å². The molecule has 4 heteroatoms. The highest BCUT2D eigenvalue weighted by atomic mass is 35.5. The Morgan fingerprint density at radius 2 is 1.40 bits per heavy atom. The Bertz CT molecular complexity index is 32.6. The Balaban J connectivity index is 0. The highest BCUT2D eigenvalue weighted by molar-refractivity contribution is 6.93. The Morgan fingerprint density at radius 3 is 1.40 bits per heavy atom. The van der Waals surface area contributed by atoms with E-state index in [4.69, 9.17) is 4.79 Å². The second-order valence-electron chi connectivity index (χ2n) is 0.226. The second kappa shape index (κ2) is 4.18. The minimum atomic E-state index is -0.889. The van der Waals surface area contributed by atoms with Crippen molar-refractivity contribution in [3.63, 3.8) is 0 Å². The summed E-state index contributed by atoms with van der Waals surface area (Å²) in [6, 6.07) is 0. The Hall–Kier alpha value is 0.180. The lowest BCUT2D eigenvalue weighted by molar-refractivity contribution is -0.00000331. The van der Waals surface area contributed by atoms with Gasteiger partial charge < -0.3 is 4.70 Å². The summed E-state index contributed by atoms with van der Waals surface area (Å²) in [6.45, 7) is 0. The van der Waals surface area contributed by atoms with Gasteiger partial charge in [-0.1, -0.05) is 0 Å². The fourth-order valence-corrected chi connectivity index (χ4v) is 0. The quantitative estimate of drug-likeness (QED) is 0.357. The van der Waals surface area contributed by atoms with Crippen molar-refractivity contribution in [2.45, 2.75) is 0 Å². The van der Waals surface area contributed by atoms with E-state index in [1.165, 1.54) is 0 Å². The number of hydrogen-bond donors (Lipinski definition) is 0. The average Bonchev–Trinajstić information content (AvgIpc) is 0.811. The molecule has 0 bridgehead atoms. The molecule has 0 saturated heterocycles. The highest BCUT2D eigenvalue weighted by Crippen LogP contribution is 1.84. The van der Waals surface area contributed by atoms with Gasteiger partial charge in [-0.15, -0.1) is 0 Å². The minimum absolute atomic E-state index is 0. The molecule has 0 radical (unpaired) electrons. The SMILES string of the molecule is O=C(Cl)Cl.[F-]. The van der Waals surface area contributed by atoms with Crippen LogP contribution in [-0.2, 0) is 0 Å². The van der Waals surface area contributed by atoms with Gasteiger partial charge in [0.2, 0.25) is 0 Å². The summed E-state index contributed by atoms with van der Waals surface area (Å²) in [5, 5.41) is 0. The molecule has 0 spiro atoms. The molecule has 0 fully saturated rings. The average molecular weight is 118 g/mol. The van der Waals surface area contributed by atoms with Crippen LogP contribution in [0.25, 0.3) is 0 Å². The molecule has 0 aromatic rings. The third-order valence-corrected chi connectivity index (χ3v) is 0. The van der Waals surface area contributed by atoms with Crippen molar-refractivity contribution in [3.05, 3.63) is 0 Å². The topological polar surface area (TPSA) is 17.1 Å². The van der Waals surface area contributed by atoms with Crippen LogP contribution < -0.4 is 4.70 Å². The van der Waals surface area contributed by atoms with Gasteiger partial charge in [0.05, 0.1) is 0 Å². The lowest BCUT2D eigenvalue weighted by Crippen LogP contribution is -3.00. The first kappa shape index (κ1) is 8.95. The van der Waals surface area contributed by atoms with Crippen molar-refractivity contribution in [1.82, 2.24) is 0 Å². The summed E-state index contributed by atoms with van der Waals surface area (Å²) >= 11 is 8.80. The number of rotatable bonds is 0. The molecule has 0 heterocycles. The van der Waals surface area contributed by atoms with Gasteiger partial charge in [-0.25, -0.2) is 0 Å². The molecule has 0 amide bonds. The van der Waals surface area contributed by atoms with Gasteiger partial charge in [-0.2, -0.15) is 0 Å². The molecule has 0 aliphatic heterocycles. The zero-order valence-electron chi connectivity index (χ0n) is 2.04. The summed E-state index contributed by atoms with van der Waals surface area (Å²) in [5.41, 5.74) is 0. The van der Waals surface area contributed by atoms with Crippen LogP contribution in [0.5, 0.6) is 0 Å². The van der Waals surface area contributed by atoms with Gasteiger partial charge in [0.1, 0.15) is 0 Å². The van der Waals surface area contributed by atoms with Crippen molar-refractivity contribution in [1.29, 1.82) is 0 Å². The van der Waals surface area contributed by atoms with Crippen LogP contribution in [0, 0.1) is 0 Å². The largest absolute Gasteiger partial charge is 1.00 e. The van der Waals surface area contributed by atoms with Gasteiger partial charge in [-0.3, -0.25) is 4.79 Å². The number of hydrogen-bond acceptors (Lipinski definition) is 1. The summed E-state index contributed by atoms with van der Waals surface area (Å²) in [4.78, 5) is 8.98. The van der Waals surface area contributed by atoms with E-state index in [0.717, 1.165) is 0 Å². The summed E-state index contributed by atoms with van der Waals surface area (Å²) in [6.07, 6.45) is 0. The van der Waals surface area contributed by atoms with Crippen molar-refractivity contribution >= 4 is 27.9 Å². The fourth-order valence-electron chi connectivity index (χ4n) is 0. The Kier molecular flexibility index (Phi) is 7.48. The lowest BCUT2D eigenvalue weighted by atomic mass is 11.8. The van der Waals surface area contributed by atoms with E-state index in [1.54, 1.807) is 0 Å². The van der Waals surface area contributed by atoms with E-state index < -0.39 is 4.70 Å². The Morgan fingerprint density at radius 1 is 1.40 bits per heavy atom. The first-order valence-corrected chi connectivity index (χ1v) is 1.34. The third-order valence-electron chi connectivity index (χ3n) is 0. The zero-order chi connectivity index (χ0) is 3.58. The molecule has 5 heavy (non-hydrogen) atoms. The van der Waals surface area contributed by atoms with Crippen LogP contribution >= 0.6 is 23.2 Å². The first-order valence-electron chi connectivity index (χ1n) is 0.582. The van der Waals surface area contributed by atoms with Crippen LogP contribution in [0.4, 0.5) is 4.79 Å². The molecular formula is CCl2FO-. The zero-order valence-corrected chi connectivity index (χ0v) is 3.55. The maximum absolute atomic E-state index is 8.98. The van der Waals surface area contributed by atoms with Crippen LogP contribution in [0.15, 0.2) is 0 Å². The number of carbonyl (C=O) groups excluding carboxylic acids is 1. The number of carbonyl (C=O) groups is 1. The Labute approximate surface area is 38.2 Å². The molecule has 0 aromatic heterocycles. The van der Waals surface area contributed by atoms with E-state index in [1.807, 2.05) is 0 Å². The molecule has 0 saturated carbocycles. The van der Waals surface area contributed by atoms with Gasteiger partial charge >= 0.3 is 4.70 Å². The normalized spacial score (nSPS) is 5.20. The van der Waals surface area contributed by atoms with E-state index in [-0.39, 0.29) is 4.70 Å². The molecule has 0 aliphatic carbocycles. The van der Waals surface area contributed by atoms with Gasteiger partial charge in [-0.05, 0) is 23.2 Å². The van der Waals surface area contributed by atoms with Gasteiger partial charge in [0.15, 0.2) is 0 Å². The lowest BCUT2D eigenvalue weighted by Gasteiger charge is -1.48. The van der Waals surface area contributed by atoms with Gasteiger partial charge in [0.25, 0.3) is 0 Å². The summed E-state index contributed by atoms with van der Waals surface area (Å²) in [5.74, 6) is 0. The van der Waals surface area contributed by atoms with E-state index in [2.05, 4.69) is 23.2 Å². The predicted molar refractivity (Wildman–Crippen MR) is 17.1 cm³/mol. The highest BCUT2D eigenvalue weighted by Gasteiger charge is 1.72. The van der Waals surface area contributed by atoms with Crippen LogP contribution in [-0.4, -0.2) is 4.70 Å². The van der Waals surface area contributed by atoms with Crippen LogP contribution in [0.3, 0.4) is 0 Å². The van der Waals surface area contributed by atoms with E-state index in [0.29, 0.717) is 0 Å². The maximum atomic E-state index is 8.98. The van der Waals surface area contributed by atoms with E-state index in [9.17, 15) is 0 Å². The van der Waals surface area contributed by atoms with Gasteiger partial charge in [0, 0.05) is 0 Å². The molecule has 0 N–H and O–H groups in total. The predicted octanol–water partition coefficient (Wildman–Crippen LogP) is -1.41. The fraction of sp³-hybridized carbons (Fsp3) is 0. The number of halogens is 3. The smallest absolute Gasteiger partial charge is 0.313 e. The van der Waals surface area contributed by atoms with Crippen molar-refractivity contribution < 1.29 is 9.50 Å². The molecule has 0 aromatic carbocycles. The molecule has 1 nitrogen and oxygen atoms in total. The molecule has 0 unspecified atom stereocenters. The molecule has 0 rings (SSSR count).